The van der Waals surface area contributed by atoms with Gasteiger partial charge in [-0.1, -0.05) is 11.6 Å². The highest BCUT2D eigenvalue weighted by Crippen LogP contribution is 2.23. The van der Waals surface area contributed by atoms with Gasteiger partial charge in [0.05, 0.1) is 11.3 Å². The molecule has 0 radical (unpaired) electrons. The molecule has 0 bridgehead atoms. The Balaban J connectivity index is 2.39. The van der Waals surface area contributed by atoms with Gasteiger partial charge in [-0.2, -0.15) is 8.42 Å². The Morgan fingerprint density at radius 1 is 1.35 bits per heavy atom. The van der Waals surface area contributed by atoms with Crippen molar-refractivity contribution in [3.63, 3.8) is 0 Å². The van der Waals surface area contributed by atoms with Gasteiger partial charge in [-0.05, 0) is 19.1 Å². The van der Waals surface area contributed by atoms with Gasteiger partial charge in [0.2, 0.25) is 0 Å². The van der Waals surface area contributed by atoms with E-state index in [1.54, 1.807) is 4.57 Å². The van der Waals surface area contributed by atoms with E-state index in [1.807, 2.05) is 6.92 Å². The number of sulfonamides is 1. The van der Waals surface area contributed by atoms with Crippen LogP contribution in [0.3, 0.4) is 0 Å². The lowest BCUT2D eigenvalue weighted by Crippen LogP contribution is -2.15. The molecule has 0 N–H and O–H groups in total. The first-order chi connectivity index (χ1) is 10.8. The van der Waals surface area contributed by atoms with Crippen molar-refractivity contribution in [2.45, 2.75) is 18.6 Å². The van der Waals surface area contributed by atoms with E-state index in [0.29, 0.717) is 18.7 Å². The van der Waals surface area contributed by atoms with E-state index >= 15 is 0 Å². The zero-order valence-electron chi connectivity index (χ0n) is 11.9. The van der Waals surface area contributed by atoms with Gasteiger partial charge in [0, 0.05) is 18.9 Å². The number of nitrogens with zero attached hydrogens (tertiary/aromatic N) is 3. The van der Waals surface area contributed by atoms with E-state index in [1.165, 1.54) is 18.6 Å². The summed E-state index contributed by atoms with van der Waals surface area (Å²) < 4.78 is 61.0. The van der Waals surface area contributed by atoms with Crippen molar-refractivity contribution in [3.8, 4) is 0 Å². The molecular formula is C13H12ClF2N3O3S. The zero-order chi connectivity index (χ0) is 17.0. The maximum Gasteiger partial charge on any atom is 0.287 e. The van der Waals surface area contributed by atoms with Crippen LogP contribution in [0.25, 0.3) is 0 Å². The molecule has 0 aliphatic heterocycles. The van der Waals surface area contributed by atoms with Crippen LogP contribution in [-0.4, -0.2) is 24.6 Å². The molecule has 23 heavy (non-hydrogen) atoms. The number of ether oxygens (including phenoxy) is 1. The SMILES string of the molecule is CCOCn1ccc(=NS(=O)(=O)c2cc(Cl)c(F)cc2F)nc1. The minimum atomic E-state index is -4.42. The smallest absolute Gasteiger partial charge is 0.287 e. The third-order valence-electron chi connectivity index (χ3n) is 2.66. The van der Waals surface area contributed by atoms with Crippen LogP contribution in [0.5, 0.6) is 0 Å². The van der Waals surface area contributed by atoms with Crippen molar-refractivity contribution in [2.24, 2.45) is 4.40 Å². The highest BCUT2D eigenvalue weighted by molar-refractivity contribution is 7.90. The van der Waals surface area contributed by atoms with E-state index in [2.05, 4.69) is 9.38 Å². The summed E-state index contributed by atoms with van der Waals surface area (Å²) in [5.74, 6) is -2.34. The molecule has 0 aliphatic carbocycles. The van der Waals surface area contributed by atoms with Crippen LogP contribution in [0.4, 0.5) is 8.78 Å². The Morgan fingerprint density at radius 3 is 2.70 bits per heavy atom. The molecule has 0 aliphatic rings. The second kappa shape index (κ2) is 7.16. The maximum absolute atomic E-state index is 13.7. The fourth-order valence-electron chi connectivity index (χ4n) is 1.58. The molecule has 1 aromatic carbocycles. The molecule has 0 amide bonds. The summed E-state index contributed by atoms with van der Waals surface area (Å²) in [6.45, 7) is 2.59. The number of hydrogen-bond donors (Lipinski definition) is 0. The van der Waals surface area contributed by atoms with Gasteiger partial charge in [0.25, 0.3) is 10.0 Å². The lowest BCUT2D eigenvalue weighted by Gasteiger charge is -2.05. The van der Waals surface area contributed by atoms with Gasteiger partial charge < -0.3 is 9.30 Å². The predicted octanol–water partition coefficient (Wildman–Crippen LogP) is 2.10. The third kappa shape index (κ3) is 4.34. The summed E-state index contributed by atoms with van der Waals surface area (Å²) in [7, 11) is -4.42. The molecule has 10 heteroatoms. The number of halogens is 3. The summed E-state index contributed by atoms with van der Waals surface area (Å²) in [6.07, 6.45) is 2.82. The third-order valence-corrected chi connectivity index (χ3v) is 4.25. The lowest BCUT2D eigenvalue weighted by atomic mass is 10.3. The minimum Gasteiger partial charge on any atom is -0.361 e. The van der Waals surface area contributed by atoms with Crippen LogP contribution < -0.4 is 5.49 Å². The molecule has 2 aromatic rings. The summed E-state index contributed by atoms with van der Waals surface area (Å²) in [4.78, 5) is 3.00. The van der Waals surface area contributed by atoms with E-state index in [4.69, 9.17) is 16.3 Å². The van der Waals surface area contributed by atoms with Crippen LogP contribution in [0, 0.1) is 11.6 Å². The molecule has 6 nitrogen and oxygen atoms in total. The summed E-state index contributed by atoms with van der Waals surface area (Å²) in [5.41, 5.74) is -0.155. The van der Waals surface area contributed by atoms with E-state index in [9.17, 15) is 17.2 Å². The first-order valence-corrected chi connectivity index (χ1v) is 8.20. The normalized spacial score (nSPS) is 12.6. The molecular weight excluding hydrogens is 352 g/mol. The molecule has 0 fully saturated rings. The number of hydrogen-bond acceptors (Lipinski definition) is 4. The average molecular weight is 364 g/mol. The van der Waals surface area contributed by atoms with Crippen LogP contribution in [-0.2, 0) is 21.5 Å². The maximum atomic E-state index is 13.7. The van der Waals surface area contributed by atoms with Crippen molar-refractivity contribution in [1.29, 1.82) is 0 Å². The summed E-state index contributed by atoms with van der Waals surface area (Å²) in [6, 6.07) is 2.38. The first-order valence-electron chi connectivity index (χ1n) is 6.39. The zero-order valence-corrected chi connectivity index (χ0v) is 13.5. The van der Waals surface area contributed by atoms with Crippen LogP contribution in [0.2, 0.25) is 5.02 Å². The van der Waals surface area contributed by atoms with E-state index < -0.39 is 31.6 Å². The van der Waals surface area contributed by atoms with Crippen molar-refractivity contribution < 1.29 is 21.9 Å². The van der Waals surface area contributed by atoms with Crippen molar-refractivity contribution >= 4 is 21.6 Å². The standard InChI is InChI=1S/C13H12ClF2N3O3S/c1-2-22-8-19-4-3-13(17-7-19)18-23(20,21)12-5-9(14)10(15)6-11(12)16/h3-7H,2,8H2,1H3. The summed E-state index contributed by atoms with van der Waals surface area (Å²) >= 11 is 5.48. The Hall–Kier alpha value is -1.84. The fourth-order valence-corrected chi connectivity index (χ4v) is 2.83. The monoisotopic (exact) mass is 363 g/mol. The molecule has 2 rings (SSSR count). The van der Waals surface area contributed by atoms with E-state index in [0.717, 1.165) is 0 Å². The Bertz CT molecular complexity index is 864. The van der Waals surface area contributed by atoms with Gasteiger partial charge in [0.1, 0.15) is 23.3 Å². The predicted molar refractivity (Wildman–Crippen MR) is 78.0 cm³/mol. The molecule has 124 valence electrons. The molecule has 1 aromatic heterocycles. The van der Waals surface area contributed by atoms with E-state index in [-0.39, 0.29) is 12.2 Å². The van der Waals surface area contributed by atoms with Gasteiger partial charge in [-0.15, -0.1) is 4.40 Å². The molecule has 0 saturated carbocycles. The quantitative estimate of drug-likeness (QED) is 0.762. The molecule has 0 saturated heterocycles. The largest absolute Gasteiger partial charge is 0.361 e. The Morgan fingerprint density at radius 2 is 2.09 bits per heavy atom. The fraction of sp³-hybridized carbons (Fsp3) is 0.231. The van der Waals surface area contributed by atoms with Crippen molar-refractivity contribution in [3.05, 3.63) is 52.9 Å². The van der Waals surface area contributed by atoms with Crippen molar-refractivity contribution in [1.82, 2.24) is 9.55 Å². The number of aromatic nitrogens is 2. The second-order valence-electron chi connectivity index (χ2n) is 4.32. The van der Waals surface area contributed by atoms with Gasteiger partial charge in [-0.25, -0.2) is 13.8 Å². The van der Waals surface area contributed by atoms with Crippen LogP contribution >= 0.6 is 11.6 Å². The highest BCUT2D eigenvalue weighted by Gasteiger charge is 2.20. The van der Waals surface area contributed by atoms with Gasteiger partial charge in [0.15, 0.2) is 5.49 Å². The van der Waals surface area contributed by atoms with Gasteiger partial charge >= 0.3 is 0 Å². The lowest BCUT2D eigenvalue weighted by molar-refractivity contribution is 0.0866. The first kappa shape index (κ1) is 17.5. The van der Waals surface area contributed by atoms with Gasteiger partial charge in [-0.3, -0.25) is 0 Å². The Kier molecular flexibility index (Phi) is 5.45. The number of benzene rings is 1. The Labute approximate surface area is 136 Å². The highest BCUT2D eigenvalue weighted by atomic mass is 35.5. The minimum absolute atomic E-state index is 0.155. The molecule has 1 heterocycles. The summed E-state index contributed by atoms with van der Waals surface area (Å²) in [5, 5.41) is -0.518. The molecule has 0 spiro atoms. The second-order valence-corrected chi connectivity index (χ2v) is 6.30. The van der Waals surface area contributed by atoms with Crippen LogP contribution in [0.1, 0.15) is 6.92 Å². The van der Waals surface area contributed by atoms with Crippen molar-refractivity contribution in [2.75, 3.05) is 6.61 Å². The number of rotatable bonds is 5. The molecule has 0 unspecified atom stereocenters. The average Bonchev–Trinajstić information content (AvgIpc) is 2.49. The van der Waals surface area contributed by atoms with Crippen LogP contribution in [0.15, 0.2) is 40.0 Å². The molecule has 0 atom stereocenters. The topological polar surface area (TPSA) is 73.6 Å².